The van der Waals surface area contributed by atoms with Crippen LogP contribution in [0, 0.1) is 0 Å². The summed E-state index contributed by atoms with van der Waals surface area (Å²) in [6.07, 6.45) is 0.221. The first-order chi connectivity index (χ1) is 13.7. The van der Waals surface area contributed by atoms with Gasteiger partial charge < -0.3 is 19.1 Å². The standard InChI is InChI=1S/C22H34N2O5/c1-17-20(25)24(13-12-23(17)21(26)29-22(2,3)4)19(16-27-5)11-14-28-15-18-9-7-6-8-10-18/h6-10,17,19H,11-16H2,1-5H3/t17?,19-/m0/s1. The van der Waals surface area contributed by atoms with Crippen molar-refractivity contribution in [3.05, 3.63) is 35.9 Å². The van der Waals surface area contributed by atoms with Crippen LogP contribution in [-0.2, 0) is 25.6 Å². The first-order valence-electron chi connectivity index (χ1n) is 10.1. The molecule has 0 radical (unpaired) electrons. The van der Waals surface area contributed by atoms with Crippen molar-refractivity contribution in [3.63, 3.8) is 0 Å². The highest BCUT2D eigenvalue weighted by molar-refractivity contribution is 5.86. The SMILES string of the molecule is COC[C@H](CCOCc1ccccc1)N1CCN(C(=O)OC(C)(C)C)C(C)C1=O. The molecule has 0 saturated carbocycles. The molecule has 0 spiro atoms. The number of amides is 2. The molecule has 0 bridgehead atoms. The normalized spacial score (nSPS) is 18.7. The van der Waals surface area contributed by atoms with Crippen molar-refractivity contribution < 1.29 is 23.8 Å². The Hall–Kier alpha value is -2.12. The van der Waals surface area contributed by atoms with E-state index in [0.717, 1.165) is 5.56 Å². The Kier molecular flexibility index (Phi) is 8.46. The third-order valence-corrected chi connectivity index (χ3v) is 4.82. The first-order valence-corrected chi connectivity index (χ1v) is 10.1. The van der Waals surface area contributed by atoms with Gasteiger partial charge in [0.15, 0.2) is 0 Å². The summed E-state index contributed by atoms with van der Waals surface area (Å²) in [4.78, 5) is 28.7. The molecule has 0 aromatic heterocycles. The van der Waals surface area contributed by atoms with Crippen LogP contribution in [0.15, 0.2) is 30.3 Å². The van der Waals surface area contributed by atoms with Crippen LogP contribution in [0.5, 0.6) is 0 Å². The van der Waals surface area contributed by atoms with Crippen LogP contribution < -0.4 is 0 Å². The van der Waals surface area contributed by atoms with Crippen molar-refractivity contribution in [3.8, 4) is 0 Å². The molecule has 2 atom stereocenters. The Morgan fingerprint density at radius 2 is 1.90 bits per heavy atom. The van der Waals surface area contributed by atoms with Crippen molar-refractivity contribution in [2.75, 3.05) is 33.4 Å². The van der Waals surface area contributed by atoms with Crippen LogP contribution in [0.2, 0.25) is 0 Å². The van der Waals surface area contributed by atoms with E-state index in [1.165, 1.54) is 4.90 Å². The molecule has 1 saturated heterocycles. The lowest BCUT2D eigenvalue weighted by Crippen LogP contribution is -2.61. The van der Waals surface area contributed by atoms with Gasteiger partial charge in [-0.2, -0.15) is 0 Å². The monoisotopic (exact) mass is 406 g/mol. The molecule has 1 fully saturated rings. The largest absolute Gasteiger partial charge is 0.444 e. The van der Waals surface area contributed by atoms with Gasteiger partial charge >= 0.3 is 6.09 Å². The van der Waals surface area contributed by atoms with E-state index in [1.54, 1.807) is 18.9 Å². The number of ether oxygens (including phenoxy) is 3. The zero-order valence-electron chi connectivity index (χ0n) is 18.2. The first kappa shape index (κ1) is 23.2. The molecule has 1 aromatic carbocycles. The average Bonchev–Trinajstić information content (AvgIpc) is 2.66. The lowest BCUT2D eigenvalue weighted by Gasteiger charge is -2.42. The van der Waals surface area contributed by atoms with Gasteiger partial charge in [0.05, 0.1) is 19.3 Å². The van der Waals surface area contributed by atoms with Crippen molar-refractivity contribution >= 4 is 12.0 Å². The summed E-state index contributed by atoms with van der Waals surface area (Å²) in [5, 5.41) is 0. The summed E-state index contributed by atoms with van der Waals surface area (Å²) in [5.74, 6) is -0.0905. The Labute approximate surface area is 173 Å². The summed E-state index contributed by atoms with van der Waals surface area (Å²) in [6, 6.07) is 9.32. The van der Waals surface area contributed by atoms with E-state index in [4.69, 9.17) is 14.2 Å². The quantitative estimate of drug-likeness (QED) is 0.621. The Balaban J connectivity index is 1.90. The molecule has 1 aliphatic rings. The van der Waals surface area contributed by atoms with Crippen molar-refractivity contribution in [2.24, 2.45) is 0 Å². The molecule has 1 heterocycles. The van der Waals surface area contributed by atoms with E-state index in [-0.39, 0.29) is 11.9 Å². The molecular weight excluding hydrogens is 372 g/mol. The van der Waals surface area contributed by atoms with Gasteiger partial charge in [-0.15, -0.1) is 0 Å². The maximum absolute atomic E-state index is 13.0. The Morgan fingerprint density at radius 1 is 1.21 bits per heavy atom. The number of piperazine rings is 1. The second kappa shape index (κ2) is 10.6. The molecule has 29 heavy (non-hydrogen) atoms. The van der Waals surface area contributed by atoms with Gasteiger partial charge in [0, 0.05) is 26.8 Å². The molecule has 0 aliphatic carbocycles. The predicted octanol–water partition coefficient (Wildman–Crippen LogP) is 3.08. The minimum atomic E-state index is -0.592. The summed E-state index contributed by atoms with van der Waals surface area (Å²) in [7, 11) is 1.63. The van der Waals surface area contributed by atoms with Gasteiger partial charge in [-0.25, -0.2) is 4.79 Å². The highest BCUT2D eigenvalue weighted by Gasteiger charge is 2.39. The molecule has 7 heteroatoms. The summed E-state index contributed by atoms with van der Waals surface area (Å²) >= 11 is 0. The number of nitrogens with zero attached hydrogens (tertiary/aromatic N) is 2. The summed E-state index contributed by atoms with van der Waals surface area (Å²) in [6.45, 7) is 9.58. The highest BCUT2D eigenvalue weighted by atomic mass is 16.6. The minimum absolute atomic E-state index is 0.0905. The lowest BCUT2D eigenvalue weighted by atomic mass is 10.1. The second-order valence-corrected chi connectivity index (χ2v) is 8.32. The molecule has 162 valence electrons. The number of hydrogen-bond donors (Lipinski definition) is 0. The Bertz CT molecular complexity index is 659. The number of hydrogen-bond acceptors (Lipinski definition) is 5. The topological polar surface area (TPSA) is 68.3 Å². The summed E-state index contributed by atoms with van der Waals surface area (Å²) < 4.78 is 16.6. The fourth-order valence-electron chi connectivity index (χ4n) is 3.33. The molecule has 0 N–H and O–H groups in total. The number of rotatable bonds is 8. The number of benzene rings is 1. The minimum Gasteiger partial charge on any atom is -0.444 e. The van der Waals surface area contributed by atoms with Crippen LogP contribution in [-0.4, -0.2) is 72.9 Å². The molecule has 2 amide bonds. The smallest absolute Gasteiger partial charge is 0.411 e. The highest BCUT2D eigenvalue weighted by Crippen LogP contribution is 2.19. The lowest BCUT2D eigenvalue weighted by molar-refractivity contribution is -0.145. The molecule has 7 nitrogen and oxygen atoms in total. The van der Waals surface area contributed by atoms with E-state index < -0.39 is 17.7 Å². The van der Waals surface area contributed by atoms with Crippen LogP contribution in [0.1, 0.15) is 39.7 Å². The zero-order chi connectivity index (χ0) is 21.4. The fourth-order valence-corrected chi connectivity index (χ4v) is 3.33. The zero-order valence-corrected chi connectivity index (χ0v) is 18.2. The molecule has 2 rings (SSSR count). The van der Waals surface area contributed by atoms with Gasteiger partial charge in [-0.1, -0.05) is 30.3 Å². The van der Waals surface area contributed by atoms with E-state index >= 15 is 0 Å². The third kappa shape index (κ3) is 7.01. The number of carbonyl (C=O) groups excluding carboxylic acids is 2. The average molecular weight is 407 g/mol. The molecule has 1 aliphatic heterocycles. The number of methoxy groups -OCH3 is 1. The van der Waals surface area contributed by atoms with Crippen molar-refractivity contribution in [1.82, 2.24) is 9.80 Å². The van der Waals surface area contributed by atoms with E-state index in [1.807, 2.05) is 51.1 Å². The van der Waals surface area contributed by atoms with E-state index in [2.05, 4.69) is 0 Å². The van der Waals surface area contributed by atoms with Gasteiger partial charge in [0.25, 0.3) is 0 Å². The Morgan fingerprint density at radius 3 is 2.52 bits per heavy atom. The van der Waals surface area contributed by atoms with E-state index in [9.17, 15) is 9.59 Å². The van der Waals surface area contributed by atoms with Gasteiger partial charge in [-0.3, -0.25) is 9.69 Å². The number of carbonyl (C=O) groups is 2. The van der Waals surface area contributed by atoms with Crippen LogP contribution in [0.4, 0.5) is 4.79 Å². The maximum Gasteiger partial charge on any atom is 0.411 e. The van der Waals surface area contributed by atoms with Gasteiger partial charge in [0.1, 0.15) is 11.6 Å². The van der Waals surface area contributed by atoms with Crippen molar-refractivity contribution in [2.45, 2.75) is 58.4 Å². The van der Waals surface area contributed by atoms with Crippen molar-refractivity contribution in [1.29, 1.82) is 0 Å². The summed E-state index contributed by atoms with van der Waals surface area (Å²) in [5.41, 5.74) is 0.525. The van der Waals surface area contributed by atoms with Gasteiger partial charge in [0.2, 0.25) is 5.91 Å². The van der Waals surface area contributed by atoms with Crippen LogP contribution >= 0.6 is 0 Å². The van der Waals surface area contributed by atoms with Crippen LogP contribution in [0.3, 0.4) is 0 Å². The van der Waals surface area contributed by atoms with Crippen LogP contribution in [0.25, 0.3) is 0 Å². The fraction of sp³-hybridized carbons (Fsp3) is 0.636. The van der Waals surface area contributed by atoms with Gasteiger partial charge in [-0.05, 0) is 39.7 Å². The molecule has 1 unspecified atom stereocenters. The predicted molar refractivity (Wildman–Crippen MR) is 110 cm³/mol. The molecule has 1 aromatic rings. The maximum atomic E-state index is 13.0. The van der Waals surface area contributed by atoms with E-state index in [0.29, 0.717) is 39.3 Å². The second-order valence-electron chi connectivity index (χ2n) is 8.32. The molecular formula is C22H34N2O5. The third-order valence-electron chi connectivity index (χ3n) is 4.82.